The van der Waals surface area contributed by atoms with Gasteiger partial charge in [-0.3, -0.25) is 10.1 Å². The number of nitrogens with one attached hydrogen (secondary N) is 3. The van der Waals surface area contributed by atoms with Gasteiger partial charge in [-0.15, -0.1) is 5.73 Å². The lowest BCUT2D eigenvalue weighted by Crippen LogP contribution is -2.42. The van der Waals surface area contributed by atoms with Gasteiger partial charge in [0.1, 0.15) is 5.82 Å². The second-order valence-electron chi connectivity index (χ2n) is 4.96. The van der Waals surface area contributed by atoms with Crippen molar-refractivity contribution in [3.8, 4) is 0 Å². The summed E-state index contributed by atoms with van der Waals surface area (Å²) in [5, 5.41) is 8.48. The summed E-state index contributed by atoms with van der Waals surface area (Å²) in [6.07, 6.45) is 4.79. The lowest BCUT2D eigenvalue weighted by Gasteiger charge is -2.18. The first-order valence-corrected chi connectivity index (χ1v) is 7.08. The summed E-state index contributed by atoms with van der Waals surface area (Å²) >= 11 is 0. The van der Waals surface area contributed by atoms with Crippen molar-refractivity contribution in [2.75, 3.05) is 6.73 Å². The van der Waals surface area contributed by atoms with Gasteiger partial charge >= 0.3 is 6.03 Å². The standard InChI is InChI=1S/C15H23N3O3/c1-4-6-12-7-5-8-13(12)14(17-11(2)3)18-15(20)16-9-21-10-19/h4,10-11,17H,5,7-9H2,1-3H3,(H2,16,18,20)/b14-13+. The molecule has 6 nitrogen and oxygen atoms in total. The van der Waals surface area contributed by atoms with Crippen LogP contribution in [0.25, 0.3) is 0 Å². The Bertz CT molecular complexity index is 475. The van der Waals surface area contributed by atoms with Gasteiger partial charge < -0.3 is 15.4 Å². The Kier molecular flexibility index (Phi) is 7.12. The minimum absolute atomic E-state index is 0.156. The monoisotopic (exact) mass is 293 g/mol. The fraction of sp³-hybridized carbons (Fsp3) is 0.533. The zero-order valence-corrected chi connectivity index (χ0v) is 12.8. The van der Waals surface area contributed by atoms with Crippen molar-refractivity contribution in [3.05, 3.63) is 28.8 Å². The van der Waals surface area contributed by atoms with Gasteiger partial charge in [0, 0.05) is 17.2 Å². The number of allylic oxidation sites excluding steroid dienone is 2. The Morgan fingerprint density at radius 2 is 2.19 bits per heavy atom. The number of amides is 2. The molecule has 2 amide bonds. The number of hydrogen-bond donors (Lipinski definition) is 3. The summed E-state index contributed by atoms with van der Waals surface area (Å²) in [4.78, 5) is 21.8. The predicted molar refractivity (Wildman–Crippen MR) is 80.1 cm³/mol. The topological polar surface area (TPSA) is 79.5 Å². The van der Waals surface area contributed by atoms with E-state index < -0.39 is 6.03 Å². The minimum Gasteiger partial charge on any atom is -0.447 e. The molecule has 1 rings (SSSR count). The van der Waals surface area contributed by atoms with Gasteiger partial charge in [0.15, 0.2) is 6.73 Å². The van der Waals surface area contributed by atoms with Crippen molar-refractivity contribution in [2.45, 2.75) is 46.1 Å². The number of carbonyl (C=O) groups excluding carboxylic acids is 2. The molecule has 0 aromatic carbocycles. The predicted octanol–water partition coefficient (Wildman–Crippen LogP) is 1.91. The molecule has 0 heterocycles. The molecule has 6 heteroatoms. The molecule has 0 unspecified atom stereocenters. The van der Waals surface area contributed by atoms with Gasteiger partial charge in [-0.05, 0) is 46.1 Å². The fourth-order valence-corrected chi connectivity index (χ4v) is 2.14. The number of rotatable bonds is 6. The highest BCUT2D eigenvalue weighted by molar-refractivity contribution is 5.76. The van der Waals surface area contributed by atoms with Gasteiger partial charge in [-0.25, -0.2) is 4.79 Å². The van der Waals surface area contributed by atoms with E-state index in [4.69, 9.17) is 0 Å². The van der Waals surface area contributed by atoms with Gasteiger partial charge in [0.2, 0.25) is 0 Å². The smallest absolute Gasteiger partial charge is 0.322 e. The molecule has 1 fully saturated rings. The zero-order chi connectivity index (χ0) is 15.7. The molecule has 3 N–H and O–H groups in total. The van der Waals surface area contributed by atoms with Crippen LogP contribution in [-0.2, 0) is 9.53 Å². The molecular formula is C15H23N3O3. The third-order valence-electron chi connectivity index (χ3n) is 2.89. The summed E-state index contributed by atoms with van der Waals surface area (Å²) in [7, 11) is 0. The molecule has 1 aliphatic rings. The highest BCUT2D eigenvalue weighted by atomic mass is 16.5. The van der Waals surface area contributed by atoms with E-state index in [2.05, 4.69) is 26.4 Å². The quantitative estimate of drug-likeness (QED) is 0.302. The maximum Gasteiger partial charge on any atom is 0.322 e. The van der Waals surface area contributed by atoms with Crippen molar-refractivity contribution < 1.29 is 14.3 Å². The van der Waals surface area contributed by atoms with E-state index >= 15 is 0 Å². The molecule has 116 valence electrons. The minimum atomic E-state index is -0.417. The average molecular weight is 293 g/mol. The molecule has 1 aliphatic carbocycles. The summed E-state index contributed by atoms with van der Waals surface area (Å²) in [5.74, 6) is 0.690. The highest BCUT2D eigenvalue weighted by Crippen LogP contribution is 2.30. The molecule has 0 aromatic rings. The van der Waals surface area contributed by atoms with Crippen LogP contribution in [-0.4, -0.2) is 25.3 Å². The van der Waals surface area contributed by atoms with Crippen LogP contribution in [0.4, 0.5) is 4.79 Å². The number of hydrogen-bond acceptors (Lipinski definition) is 4. The first-order chi connectivity index (χ1) is 10.1. The van der Waals surface area contributed by atoms with Crippen LogP contribution in [0.2, 0.25) is 0 Å². The maximum atomic E-state index is 11.8. The van der Waals surface area contributed by atoms with Crippen molar-refractivity contribution in [1.82, 2.24) is 16.0 Å². The molecular weight excluding hydrogens is 270 g/mol. The lowest BCUT2D eigenvalue weighted by molar-refractivity contribution is -0.129. The fourth-order valence-electron chi connectivity index (χ4n) is 2.14. The van der Waals surface area contributed by atoms with Crippen LogP contribution in [0, 0.1) is 0 Å². The normalized spacial score (nSPS) is 16.1. The van der Waals surface area contributed by atoms with Crippen molar-refractivity contribution in [1.29, 1.82) is 0 Å². The van der Waals surface area contributed by atoms with Gasteiger partial charge in [0.05, 0.1) is 0 Å². The molecule has 0 atom stereocenters. The summed E-state index contributed by atoms with van der Waals surface area (Å²) in [6.45, 7) is 6.07. The zero-order valence-electron chi connectivity index (χ0n) is 12.8. The van der Waals surface area contributed by atoms with Crippen LogP contribution in [0.3, 0.4) is 0 Å². The van der Waals surface area contributed by atoms with Crippen molar-refractivity contribution >= 4 is 12.5 Å². The summed E-state index contributed by atoms with van der Waals surface area (Å²) in [6, 6.07) is -0.231. The Labute approximate surface area is 125 Å². The van der Waals surface area contributed by atoms with Crippen molar-refractivity contribution in [2.24, 2.45) is 0 Å². The first-order valence-electron chi connectivity index (χ1n) is 7.08. The first kappa shape index (κ1) is 16.9. The number of ether oxygens (including phenoxy) is 1. The molecule has 0 aliphatic heterocycles. The molecule has 0 saturated heterocycles. The maximum absolute atomic E-state index is 11.8. The molecule has 0 radical (unpaired) electrons. The van der Waals surface area contributed by atoms with E-state index in [1.807, 2.05) is 26.8 Å². The third kappa shape index (κ3) is 5.75. The average Bonchev–Trinajstić information content (AvgIpc) is 2.86. The largest absolute Gasteiger partial charge is 0.447 e. The van der Waals surface area contributed by atoms with Crippen LogP contribution in [0.1, 0.15) is 40.0 Å². The Morgan fingerprint density at radius 1 is 1.43 bits per heavy atom. The van der Waals surface area contributed by atoms with Crippen LogP contribution < -0.4 is 16.0 Å². The second-order valence-corrected chi connectivity index (χ2v) is 4.96. The highest BCUT2D eigenvalue weighted by Gasteiger charge is 2.20. The molecule has 0 spiro atoms. The van der Waals surface area contributed by atoms with E-state index in [0.717, 1.165) is 30.4 Å². The molecule has 0 bridgehead atoms. The summed E-state index contributed by atoms with van der Waals surface area (Å²) < 4.78 is 4.44. The van der Waals surface area contributed by atoms with E-state index in [9.17, 15) is 9.59 Å². The lowest BCUT2D eigenvalue weighted by atomic mass is 10.1. The van der Waals surface area contributed by atoms with E-state index in [0.29, 0.717) is 5.82 Å². The van der Waals surface area contributed by atoms with Gasteiger partial charge in [0.25, 0.3) is 6.47 Å². The van der Waals surface area contributed by atoms with Crippen LogP contribution in [0.15, 0.2) is 28.8 Å². The Morgan fingerprint density at radius 3 is 2.81 bits per heavy atom. The summed E-state index contributed by atoms with van der Waals surface area (Å²) in [5.41, 5.74) is 5.42. The second kappa shape index (κ2) is 8.87. The molecule has 0 aromatic heterocycles. The van der Waals surface area contributed by atoms with Gasteiger partial charge in [-0.2, -0.15) is 0 Å². The Hall–Kier alpha value is -2.20. The van der Waals surface area contributed by atoms with E-state index in [-0.39, 0.29) is 19.2 Å². The molecule has 1 saturated carbocycles. The third-order valence-corrected chi connectivity index (χ3v) is 2.89. The number of carbonyl (C=O) groups is 2. The Balaban J connectivity index is 2.87. The van der Waals surface area contributed by atoms with Gasteiger partial charge in [-0.1, -0.05) is 0 Å². The van der Waals surface area contributed by atoms with E-state index in [1.165, 1.54) is 0 Å². The van der Waals surface area contributed by atoms with E-state index in [1.54, 1.807) is 0 Å². The van der Waals surface area contributed by atoms with Crippen LogP contribution in [0.5, 0.6) is 0 Å². The van der Waals surface area contributed by atoms with Crippen LogP contribution >= 0.6 is 0 Å². The molecule has 21 heavy (non-hydrogen) atoms. The SMILES string of the molecule is CC=C=C1CCC/C1=C(\NC(=O)NCOC=O)NC(C)C. The van der Waals surface area contributed by atoms with Crippen molar-refractivity contribution in [3.63, 3.8) is 0 Å². The number of urea groups is 1.